The van der Waals surface area contributed by atoms with Gasteiger partial charge in [-0.2, -0.15) is 4.80 Å². The molecule has 4 bridgehead atoms. The molecule has 0 aromatic carbocycles. The molecule has 1 aromatic heterocycles. The van der Waals surface area contributed by atoms with Gasteiger partial charge in [-0.3, -0.25) is 4.90 Å². The van der Waals surface area contributed by atoms with E-state index in [9.17, 15) is 0 Å². The number of morpholine rings is 1. The van der Waals surface area contributed by atoms with Crippen molar-refractivity contribution in [2.24, 2.45) is 17.3 Å². The maximum absolute atomic E-state index is 5.51. The fraction of sp³-hybridized carbons (Fsp3) is 0.950. The van der Waals surface area contributed by atoms with Crippen molar-refractivity contribution in [3.05, 3.63) is 6.33 Å². The average molecular weight is 375 g/mol. The monoisotopic (exact) mass is 374 g/mol. The molecule has 2 unspecified atom stereocenters. The summed E-state index contributed by atoms with van der Waals surface area (Å²) in [5.41, 5.74) is 0.626. The van der Waals surface area contributed by atoms with E-state index in [0.29, 0.717) is 0 Å². The Morgan fingerprint density at radius 3 is 2.56 bits per heavy atom. The normalized spacial score (nSPS) is 39.2. The minimum absolute atomic E-state index is 0.0991. The van der Waals surface area contributed by atoms with Crippen molar-refractivity contribution in [3.8, 4) is 0 Å². The highest BCUT2D eigenvalue weighted by atomic mass is 16.5. The van der Waals surface area contributed by atoms with Gasteiger partial charge in [0, 0.05) is 31.7 Å². The highest BCUT2D eigenvalue weighted by molar-refractivity contribution is 5.13. The van der Waals surface area contributed by atoms with E-state index in [1.165, 1.54) is 32.1 Å². The summed E-state index contributed by atoms with van der Waals surface area (Å²) in [6.45, 7) is 10.9. The van der Waals surface area contributed by atoms with Gasteiger partial charge < -0.3 is 10.1 Å². The molecule has 150 valence electrons. The van der Waals surface area contributed by atoms with Crippen LogP contribution >= 0.6 is 0 Å². The molecule has 1 aromatic rings. The van der Waals surface area contributed by atoms with Crippen LogP contribution in [0.1, 0.15) is 52.4 Å². The van der Waals surface area contributed by atoms with E-state index in [4.69, 9.17) is 4.74 Å². The zero-order chi connectivity index (χ0) is 18.5. The minimum Gasteiger partial charge on any atom is -0.379 e. The van der Waals surface area contributed by atoms with Crippen LogP contribution in [0.3, 0.4) is 0 Å². The third kappa shape index (κ3) is 3.42. The Labute approximate surface area is 162 Å². The number of tetrazole rings is 1. The second-order valence-corrected chi connectivity index (χ2v) is 10.6. The Hall–Kier alpha value is -1.05. The first kappa shape index (κ1) is 18.0. The van der Waals surface area contributed by atoms with Gasteiger partial charge in [0.05, 0.1) is 18.8 Å². The smallest absolute Gasteiger partial charge is 0.162 e. The van der Waals surface area contributed by atoms with Gasteiger partial charge in [0.2, 0.25) is 0 Å². The summed E-state index contributed by atoms with van der Waals surface area (Å²) in [6, 6.07) is 0. The molecular weight excluding hydrogens is 340 g/mol. The largest absolute Gasteiger partial charge is 0.379 e. The van der Waals surface area contributed by atoms with Crippen LogP contribution < -0.4 is 5.32 Å². The lowest BCUT2D eigenvalue weighted by molar-refractivity contribution is -0.0877. The van der Waals surface area contributed by atoms with E-state index >= 15 is 0 Å². The van der Waals surface area contributed by atoms with E-state index in [-0.39, 0.29) is 16.5 Å². The zero-order valence-corrected chi connectivity index (χ0v) is 16.9. The predicted octanol–water partition coefficient (Wildman–Crippen LogP) is 1.67. The summed E-state index contributed by atoms with van der Waals surface area (Å²) in [5, 5.41) is 16.9. The average Bonchev–Trinajstić information content (AvgIpc) is 3.15. The van der Waals surface area contributed by atoms with Crippen LogP contribution in [0.5, 0.6) is 0 Å². The number of hydrogen-bond acceptors (Lipinski definition) is 6. The van der Waals surface area contributed by atoms with Gasteiger partial charge >= 0.3 is 0 Å². The molecule has 0 spiro atoms. The van der Waals surface area contributed by atoms with Crippen molar-refractivity contribution in [1.29, 1.82) is 0 Å². The van der Waals surface area contributed by atoms with Crippen LogP contribution in [0.4, 0.5) is 0 Å². The van der Waals surface area contributed by atoms with Crippen molar-refractivity contribution in [2.45, 2.75) is 63.5 Å². The van der Waals surface area contributed by atoms with Gasteiger partial charge in [-0.15, -0.1) is 10.2 Å². The molecule has 7 nitrogen and oxygen atoms in total. The molecule has 4 aliphatic carbocycles. The Kier molecular flexibility index (Phi) is 4.33. The lowest BCUT2D eigenvalue weighted by Crippen LogP contribution is -2.66. The maximum atomic E-state index is 5.51. The van der Waals surface area contributed by atoms with Crippen LogP contribution in [-0.4, -0.2) is 70.0 Å². The van der Waals surface area contributed by atoms with Gasteiger partial charge in [-0.05, 0) is 61.0 Å². The first-order valence-corrected chi connectivity index (χ1v) is 10.7. The lowest BCUT2D eigenvalue weighted by atomic mass is 9.50. The first-order chi connectivity index (χ1) is 13.0. The summed E-state index contributed by atoms with van der Waals surface area (Å²) >= 11 is 0. The third-order valence-electron chi connectivity index (χ3n) is 7.50. The van der Waals surface area contributed by atoms with E-state index < -0.39 is 0 Å². The highest BCUT2D eigenvalue weighted by Gasteiger charge is 2.59. The third-order valence-corrected chi connectivity index (χ3v) is 7.50. The van der Waals surface area contributed by atoms with E-state index in [1.54, 1.807) is 6.33 Å². The van der Waals surface area contributed by atoms with Gasteiger partial charge in [0.25, 0.3) is 0 Å². The summed E-state index contributed by atoms with van der Waals surface area (Å²) in [4.78, 5) is 4.52. The standard InChI is InChI=1S/C20H34N6O/c1-18(2,14-25-3-5-27-6-4-25)13-21-19-8-16-7-17(9-19)11-20(10-16,12-19)26-23-15-22-24-26/h15-17,21H,3-14H2,1-2H3. The van der Waals surface area contributed by atoms with Crippen molar-refractivity contribution >= 4 is 0 Å². The lowest BCUT2D eigenvalue weighted by Gasteiger charge is -2.61. The van der Waals surface area contributed by atoms with E-state index in [2.05, 4.69) is 39.5 Å². The van der Waals surface area contributed by atoms with Crippen molar-refractivity contribution < 1.29 is 4.74 Å². The molecule has 1 saturated heterocycles. The molecule has 27 heavy (non-hydrogen) atoms. The van der Waals surface area contributed by atoms with Crippen molar-refractivity contribution in [3.63, 3.8) is 0 Å². The first-order valence-electron chi connectivity index (χ1n) is 10.7. The van der Waals surface area contributed by atoms with E-state index in [1.807, 2.05) is 4.80 Å². The fourth-order valence-electron chi connectivity index (χ4n) is 6.89. The SMILES string of the molecule is CC(C)(CNC12CC3CC(C1)CC(n1ncnn1)(C3)C2)CN1CCOCC1. The van der Waals surface area contributed by atoms with Crippen LogP contribution in [0, 0.1) is 17.3 Å². The van der Waals surface area contributed by atoms with E-state index in [0.717, 1.165) is 57.6 Å². The molecule has 2 heterocycles. The Morgan fingerprint density at radius 2 is 1.89 bits per heavy atom. The fourth-order valence-corrected chi connectivity index (χ4v) is 6.89. The minimum atomic E-state index is 0.0991. The molecule has 7 heteroatoms. The zero-order valence-electron chi connectivity index (χ0n) is 16.9. The number of nitrogens with one attached hydrogen (secondary N) is 1. The maximum Gasteiger partial charge on any atom is 0.162 e. The van der Waals surface area contributed by atoms with Crippen molar-refractivity contribution in [1.82, 2.24) is 30.4 Å². The molecular formula is C20H34N6O. The number of nitrogens with zero attached hydrogens (tertiary/aromatic N) is 5. The van der Waals surface area contributed by atoms with Gasteiger partial charge in [0.15, 0.2) is 6.33 Å². The Balaban J connectivity index is 1.28. The summed E-state index contributed by atoms with van der Waals surface area (Å²) in [6.07, 6.45) is 9.29. The van der Waals surface area contributed by atoms with Crippen LogP contribution in [-0.2, 0) is 10.3 Å². The topological polar surface area (TPSA) is 68.1 Å². The summed E-state index contributed by atoms with van der Waals surface area (Å²) in [7, 11) is 0. The Bertz CT molecular complexity index is 639. The molecule has 0 amide bonds. The number of ether oxygens (including phenoxy) is 1. The second-order valence-electron chi connectivity index (χ2n) is 10.6. The van der Waals surface area contributed by atoms with Crippen LogP contribution in [0.25, 0.3) is 0 Å². The Morgan fingerprint density at radius 1 is 1.15 bits per heavy atom. The molecule has 5 aliphatic rings. The quantitative estimate of drug-likeness (QED) is 0.817. The van der Waals surface area contributed by atoms with Crippen molar-refractivity contribution in [2.75, 3.05) is 39.4 Å². The number of rotatable bonds is 6. The van der Waals surface area contributed by atoms with Crippen LogP contribution in [0.2, 0.25) is 0 Å². The highest BCUT2D eigenvalue weighted by Crippen LogP contribution is 2.60. The molecule has 1 N–H and O–H groups in total. The molecule has 6 rings (SSSR count). The molecule has 2 atom stereocenters. The van der Waals surface area contributed by atoms with Crippen LogP contribution in [0.15, 0.2) is 6.33 Å². The predicted molar refractivity (Wildman–Crippen MR) is 102 cm³/mol. The van der Waals surface area contributed by atoms with Gasteiger partial charge in [-0.1, -0.05) is 13.8 Å². The molecule has 5 fully saturated rings. The van der Waals surface area contributed by atoms with Gasteiger partial charge in [0.1, 0.15) is 0 Å². The molecule has 1 aliphatic heterocycles. The summed E-state index contributed by atoms with van der Waals surface area (Å²) < 4.78 is 5.51. The summed E-state index contributed by atoms with van der Waals surface area (Å²) in [5.74, 6) is 1.62. The molecule has 0 radical (unpaired) electrons. The number of aromatic nitrogens is 4. The second kappa shape index (κ2) is 6.49. The molecule has 4 saturated carbocycles. The number of hydrogen-bond donors (Lipinski definition) is 1. The van der Waals surface area contributed by atoms with Gasteiger partial charge in [-0.25, -0.2) is 0 Å².